The first-order valence-corrected chi connectivity index (χ1v) is 14.8. The Balaban J connectivity index is 1.55. The highest BCUT2D eigenvalue weighted by Gasteiger charge is 2.34. The van der Waals surface area contributed by atoms with Crippen LogP contribution in [0.25, 0.3) is 22.0 Å². The van der Waals surface area contributed by atoms with Gasteiger partial charge in [-0.25, -0.2) is 0 Å². The normalized spacial score (nSPS) is 18.8. The Labute approximate surface area is 253 Å². The van der Waals surface area contributed by atoms with Crippen LogP contribution < -0.4 is 0 Å². The maximum Gasteiger partial charge on any atom is 0.271 e. The standard InChI is InChI=1S/C35H41N3O5/c1-23-19-38(24(2)21-39)34(40)32-31(28-17-11-12-18-29(28)37(32)4)27-16-10-9-15-26(27)22-43-30(23)20-36(3)35(41)33(42-5)25-13-7-6-8-14-25/h6-18,23-24,30,33,39H,19-22H2,1-5H3/t23-,24-,30+,33-/m1/s1. The number of hydrogen-bond donors (Lipinski definition) is 1. The Morgan fingerprint density at radius 2 is 1.74 bits per heavy atom. The summed E-state index contributed by atoms with van der Waals surface area (Å²) in [4.78, 5) is 31.5. The SMILES string of the molecule is CO[C@@H](C(=O)N(C)C[C@@H]1OCc2ccccc2-c2c(n(C)c3ccccc23)C(=O)N([C@H](C)CO)C[C@H]1C)c1ccccc1. The van der Waals surface area contributed by atoms with Gasteiger partial charge in [0.25, 0.3) is 11.8 Å². The summed E-state index contributed by atoms with van der Waals surface area (Å²) < 4.78 is 14.2. The predicted molar refractivity (Wildman–Crippen MR) is 168 cm³/mol. The van der Waals surface area contributed by atoms with Gasteiger partial charge in [0.1, 0.15) is 5.69 Å². The molecule has 0 fully saturated rings. The molecule has 43 heavy (non-hydrogen) atoms. The van der Waals surface area contributed by atoms with Crippen LogP contribution >= 0.6 is 0 Å². The molecule has 0 saturated carbocycles. The molecule has 1 N–H and O–H groups in total. The number of aliphatic hydroxyl groups is 1. The first kappa shape index (κ1) is 30.5. The molecule has 0 bridgehead atoms. The predicted octanol–water partition coefficient (Wildman–Crippen LogP) is 5.05. The second-order valence-electron chi connectivity index (χ2n) is 11.5. The number of aromatic nitrogens is 1. The van der Waals surface area contributed by atoms with E-state index in [1.165, 1.54) is 7.11 Å². The Morgan fingerprint density at radius 3 is 2.47 bits per heavy atom. The molecule has 8 heteroatoms. The number of methoxy groups -OCH3 is 1. The minimum absolute atomic E-state index is 0.148. The van der Waals surface area contributed by atoms with E-state index >= 15 is 0 Å². The molecule has 3 aromatic carbocycles. The Kier molecular flexibility index (Phi) is 9.30. The number of amides is 2. The number of carbonyl (C=O) groups is 2. The average Bonchev–Trinajstić information content (AvgIpc) is 3.32. The van der Waals surface area contributed by atoms with E-state index in [2.05, 4.69) is 0 Å². The van der Waals surface area contributed by atoms with E-state index in [1.807, 2.05) is 104 Å². The van der Waals surface area contributed by atoms with Crippen molar-refractivity contribution in [1.29, 1.82) is 0 Å². The fourth-order valence-electron chi connectivity index (χ4n) is 6.09. The molecule has 226 valence electrons. The molecule has 1 aliphatic rings. The van der Waals surface area contributed by atoms with Gasteiger partial charge in [-0.2, -0.15) is 0 Å². The highest BCUT2D eigenvalue weighted by molar-refractivity contribution is 6.10. The van der Waals surface area contributed by atoms with Crippen LogP contribution in [-0.4, -0.2) is 77.3 Å². The van der Waals surface area contributed by atoms with E-state index < -0.39 is 18.2 Å². The fourth-order valence-corrected chi connectivity index (χ4v) is 6.09. The third-order valence-corrected chi connectivity index (χ3v) is 8.62. The minimum Gasteiger partial charge on any atom is -0.394 e. The van der Waals surface area contributed by atoms with Gasteiger partial charge in [0.05, 0.1) is 25.4 Å². The van der Waals surface area contributed by atoms with E-state index in [0.717, 1.165) is 33.2 Å². The number of ether oxygens (including phenoxy) is 2. The van der Waals surface area contributed by atoms with Gasteiger partial charge in [0.15, 0.2) is 6.10 Å². The highest BCUT2D eigenvalue weighted by atomic mass is 16.5. The largest absolute Gasteiger partial charge is 0.394 e. The van der Waals surface area contributed by atoms with Crippen molar-refractivity contribution in [2.75, 3.05) is 33.9 Å². The zero-order valence-corrected chi connectivity index (χ0v) is 25.6. The molecule has 0 saturated heterocycles. The van der Waals surface area contributed by atoms with Gasteiger partial charge in [-0.1, -0.05) is 79.7 Å². The van der Waals surface area contributed by atoms with Gasteiger partial charge >= 0.3 is 0 Å². The number of aliphatic hydroxyl groups excluding tert-OH is 1. The zero-order chi connectivity index (χ0) is 30.7. The van der Waals surface area contributed by atoms with Crippen LogP contribution in [0.1, 0.15) is 41.6 Å². The summed E-state index contributed by atoms with van der Waals surface area (Å²) in [5, 5.41) is 11.2. The summed E-state index contributed by atoms with van der Waals surface area (Å²) in [5.41, 5.74) is 5.08. The molecule has 2 amide bonds. The van der Waals surface area contributed by atoms with E-state index in [4.69, 9.17) is 9.47 Å². The summed E-state index contributed by atoms with van der Waals surface area (Å²) in [7, 11) is 5.21. The van der Waals surface area contributed by atoms with E-state index in [-0.39, 0.29) is 24.3 Å². The number of benzene rings is 3. The molecule has 2 heterocycles. The van der Waals surface area contributed by atoms with Gasteiger partial charge in [0, 0.05) is 56.7 Å². The average molecular weight is 584 g/mol. The lowest BCUT2D eigenvalue weighted by Gasteiger charge is -2.35. The molecule has 0 radical (unpaired) electrons. The molecule has 0 unspecified atom stereocenters. The Bertz CT molecular complexity index is 1580. The molecule has 1 aliphatic heterocycles. The molecule has 4 aromatic rings. The van der Waals surface area contributed by atoms with Crippen LogP contribution in [-0.2, 0) is 27.9 Å². The first-order valence-electron chi connectivity index (χ1n) is 14.8. The lowest BCUT2D eigenvalue weighted by atomic mass is 9.96. The quantitative estimate of drug-likeness (QED) is 0.329. The van der Waals surface area contributed by atoms with Crippen molar-refractivity contribution in [1.82, 2.24) is 14.4 Å². The Morgan fingerprint density at radius 1 is 1.07 bits per heavy atom. The molecule has 8 nitrogen and oxygen atoms in total. The number of fused-ring (bicyclic) bond motifs is 5. The van der Waals surface area contributed by atoms with Gasteiger partial charge in [0.2, 0.25) is 0 Å². The van der Waals surface area contributed by atoms with Gasteiger partial charge < -0.3 is 28.9 Å². The third kappa shape index (κ3) is 5.95. The van der Waals surface area contributed by atoms with Crippen LogP contribution in [0.2, 0.25) is 0 Å². The van der Waals surface area contributed by atoms with Gasteiger partial charge in [-0.05, 0) is 29.7 Å². The highest BCUT2D eigenvalue weighted by Crippen LogP contribution is 2.38. The van der Waals surface area contributed by atoms with Gasteiger partial charge in [-0.3, -0.25) is 9.59 Å². The number of para-hydroxylation sites is 1. The van der Waals surface area contributed by atoms with Crippen molar-refractivity contribution in [3.8, 4) is 11.1 Å². The number of carbonyl (C=O) groups excluding carboxylic acids is 2. The summed E-state index contributed by atoms with van der Waals surface area (Å²) in [6.45, 7) is 4.67. The molecule has 5 rings (SSSR count). The zero-order valence-electron chi connectivity index (χ0n) is 25.6. The topological polar surface area (TPSA) is 84.2 Å². The summed E-state index contributed by atoms with van der Waals surface area (Å²) in [5.74, 6) is -0.477. The molecule has 0 spiro atoms. The number of rotatable bonds is 7. The molecule has 1 aromatic heterocycles. The number of aryl methyl sites for hydroxylation is 1. The van der Waals surface area contributed by atoms with Crippen molar-refractivity contribution < 1.29 is 24.2 Å². The third-order valence-electron chi connectivity index (χ3n) is 8.62. The minimum atomic E-state index is -0.736. The van der Waals surface area contributed by atoms with Crippen LogP contribution in [0.15, 0.2) is 78.9 Å². The lowest BCUT2D eigenvalue weighted by Crippen LogP contribution is -2.48. The van der Waals surface area contributed by atoms with Crippen LogP contribution in [0.3, 0.4) is 0 Å². The number of hydrogen-bond acceptors (Lipinski definition) is 5. The van der Waals surface area contributed by atoms with Crippen LogP contribution in [0.4, 0.5) is 0 Å². The summed E-state index contributed by atoms with van der Waals surface area (Å²) >= 11 is 0. The summed E-state index contributed by atoms with van der Waals surface area (Å²) in [6, 6.07) is 25.1. The van der Waals surface area contributed by atoms with Crippen molar-refractivity contribution >= 4 is 22.7 Å². The number of nitrogens with zero attached hydrogens (tertiary/aromatic N) is 3. The maximum absolute atomic E-state index is 14.5. The monoisotopic (exact) mass is 583 g/mol. The van der Waals surface area contributed by atoms with Crippen LogP contribution in [0, 0.1) is 5.92 Å². The second kappa shape index (κ2) is 13.1. The summed E-state index contributed by atoms with van der Waals surface area (Å²) in [6.07, 6.45) is -1.13. The van der Waals surface area contributed by atoms with Crippen molar-refractivity contribution in [3.05, 3.63) is 95.7 Å². The maximum atomic E-state index is 14.5. The smallest absolute Gasteiger partial charge is 0.271 e. The van der Waals surface area contributed by atoms with E-state index in [1.54, 1.807) is 16.8 Å². The van der Waals surface area contributed by atoms with E-state index in [0.29, 0.717) is 25.4 Å². The molecular weight excluding hydrogens is 542 g/mol. The van der Waals surface area contributed by atoms with Crippen molar-refractivity contribution in [3.63, 3.8) is 0 Å². The Hall–Kier alpha value is -3.98. The first-order chi connectivity index (χ1) is 20.8. The lowest BCUT2D eigenvalue weighted by molar-refractivity contribution is -0.143. The van der Waals surface area contributed by atoms with Gasteiger partial charge in [-0.15, -0.1) is 0 Å². The number of likely N-dealkylation sites (N-methyl/N-ethyl adjacent to an activating group) is 1. The van der Waals surface area contributed by atoms with Crippen LogP contribution in [0.5, 0.6) is 0 Å². The molecule has 4 atom stereocenters. The molecular formula is C35H41N3O5. The van der Waals surface area contributed by atoms with E-state index in [9.17, 15) is 14.7 Å². The fraction of sp³-hybridized carbons (Fsp3) is 0.371. The molecule has 0 aliphatic carbocycles. The second-order valence-corrected chi connectivity index (χ2v) is 11.5. The van der Waals surface area contributed by atoms with Crippen molar-refractivity contribution in [2.45, 2.75) is 38.7 Å². The van der Waals surface area contributed by atoms with Crippen molar-refractivity contribution in [2.24, 2.45) is 13.0 Å².